The molecule has 1 saturated carbocycles. The molecule has 2 aromatic carbocycles. The summed E-state index contributed by atoms with van der Waals surface area (Å²) in [5.41, 5.74) is 19.7. The van der Waals surface area contributed by atoms with E-state index >= 15 is 0 Å². The average molecular weight is 1790 g/mol. The third-order valence-corrected chi connectivity index (χ3v) is 25.7. The number of nitrogens with zero attached hydrogens (tertiary/aromatic N) is 13. The van der Waals surface area contributed by atoms with Crippen molar-refractivity contribution < 1.29 is 91.5 Å². The average Bonchev–Trinajstić information content (AvgIpc) is 0.931. The molecule has 1 unspecified atom stereocenters. The van der Waals surface area contributed by atoms with E-state index in [0.717, 1.165) is 52.8 Å². The molecule has 7 aromatic rings. The van der Waals surface area contributed by atoms with Crippen LogP contribution in [-0.2, 0) is 92.9 Å². The van der Waals surface area contributed by atoms with E-state index in [9.17, 15) is 49.2 Å². The molecule has 12 rings (SSSR count). The fraction of sp³-hybridized carbons (Fsp3) is 0.596. The number of aliphatic hydroxyl groups is 4. The Balaban J connectivity index is 0.563. The third-order valence-electron chi connectivity index (χ3n) is 25.7. The Labute approximate surface area is 753 Å². The molecular formula is C94H130N16O19. The summed E-state index contributed by atoms with van der Waals surface area (Å²) in [5, 5.41) is 62.6. The van der Waals surface area contributed by atoms with E-state index in [0.29, 0.717) is 176 Å². The van der Waals surface area contributed by atoms with Crippen molar-refractivity contribution in [2.24, 2.45) is 35.5 Å². The number of Topliss-reactive ketones (excluding diaryl/α,β-unsaturated/α-hetero) is 3. The molecule has 5 aromatic heterocycles. The minimum atomic E-state index is -2.48. The summed E-state index contributed by atoms with van der Waals surface area (Å²) < 4.78 is 57.5. The van der Waals surface area contributed by atoms with Crippen molar-refractivity contribution in [1.82, 2.24) is 64.8 Å². The molecule has 16 atom stereocenters. The molecule has 9 N–H and O–H groups in total. The number of unbranched alkanes of at least 4 members (excludes halogenated alkanes) is 1. The Morgan fingerprint density at radius 3 is 2.34 bits per heavy atom. The molecule has 9 heterocycles. The highest BCUT2D eigenvalue weighted by atomic mass is 16.6. The van der Waals surface area contributed by atoms with E-state index < -0.39 is 89.5 Å². The maximum Gasteiger partial charge on any atom is 0.329 e. The van der Waals surface area contributed by atoms with Gasteiger partial charge in [-0.1, -0.05) is 94.5 Å². The number of rotatable bonds is 31. The number of anilines is 3. The van der Waals surface area contributed by atoms with Crippen LogP contribution in [0, 0.1) is 35.5 Å². The van der Waals surface area contributed by atoms with Gasteiger partial charge in [0.1, 0.15) is 53.5 Å². The van der Waals surface area contributed by atoms with E-state index in [4.69, 9.17) is 68.8 Å². The van der Waals surface area contributed by atoms with Gasteiger partial charge >= 0.3 is 5.97 Å². The van der Waals surface area contributed by atoms with Gasteiger partial charge in [0.05, 0.1) is 101 Å². The minimum absolute atomic E-state index is 0.0441. The summed E-state index contributed by atoms with van der Waals surface area (Å²) in [4.78, 5) is 113. The van der Waals surface area contributed by atoms with Gasteiger partial charge in [-0.05, 0) is 155 Å². The number of allylic oxidation sites excluding steroid dienone is 6. The maximum atomic E-state index is 14.9. The maximum absolute atomic E-state index is 14.9. The number of amides is 2. The van der Waals surface area contributed by atoms with Crippen molar-refractivity contribution in [3.8, 4) is 22.4 Å². The fourth-order valence-electron chi connectivity index (χ4n) is 18.0. The van der Waals surface area contributed by atoms with Gasteiger partial charge in [0.25, 0.3) is 17.7 Å². The van der Waals surface area contributed by atoms with Crippen molar-refractivity contribution in [1.29, 1.82) is 0 Å². The number of fused-ring (bicyclic) bond motifs is 5. The van der Waals surface area contributed by atoms with E-state index in [2.05, 4.69) is 46.4 Å². The van der Waals surface area contributed by atoms with E-state index in [-0.39, 0.29) is 98.8 Å². The van der Waals surface area contributed by atoms with Gasteiger partial charge in [0.2, 0.25) is 17.6 Å². The number of oxazole rings is 1. The molecule has 129 heavy (non-hydrogen) atoms. The number of benzene rings is 2. The Hall–Kier alpha value is -10.0. The zero-order valence-electron chi connectivity index (χ0n) is 75.8. The first-order valence-corrected chi connectivity index (χ1v) is 45.5. The Bertz CT molecular complexity index is 5020. The molecule has 5 aliphatic rings. The van der Waals surface area contributed by atoms with E-state index in [1.165, 1.54) is 17.3 Å². The molecule has 700 valence electrons. The fourth-order valence-corrected chi connectivity index (χ4v) is 18.0. The molecule has 2 amide bonds. The lowest BCUT2D eigenvalue weighted by molar-refractivity contribution is -0.265. The molecule has 0 radical (unpaired) electrons. The quantitative estimate of drug-likeness (QED) is 0.00924. The first kappa shape index (κ1) is 98.0. The monoisotopic (exact) mass is 1790 g/mol. The van der Waals surface area contributed by atoms with Crippen molar-refractivity contribution >= 4 is 75.0 Å². The summed E-state index contributed by atoms with van der Waals surface area (Å²) in [6.07, 6.45) is 18.5. The lowest BCUT2D eigenvalue weighted by atomic mass is 9.78. The van der Waals surface area contributed by atoms with Gasteiger partial charge in [0, 0.05) is 127 Å². The number of ketones is 3. The highest BCUT2D eigenvalue weighted by molar-refractivity contribution is 6.39. The number of aliphatic hydroxyl groups excluding tert-OH is 3. The van der Waals surface area contributed by atoms with Gasteiger partial charge in [-0.15, -0.1) is 5.10 Å². The Morgan fingerprint density at radius 2 is 1.57 bits per heavy atom. The zero-order valence-corrected chi connectivity index (χ0v) is 75.8. The van der Waals surface area contributed by atoms with Crippen LogP contribution in [0.4, 0.5) is 17.8 Å². The molecule has 35 nitrogen and oxygen atoms in total. The van der Waals surface area contributed by atoms with Crippen molar-refractivity contribution in [3.63, 3.8) is 0 Å². The molecule has 3 saturated heterocycles. The van der Waals surface area contributed by atoms with Crippen LogP contribution >= 0.6 is 0 Å². The lowest BCUT2D eigenvalue weighted by Crippen LogP contribution is -2.61. The number of nitrogen functional groups attached to an aromatic ring is 2. The smallest absolute Gasteiger partial charge is 0.329 e. The number of methoxy groups -OCH3 is 2. The SMILES string of the molecule is CO[C@H]1C[C@@H]2CC[C@@H](C)[C@@](O)(O2)C(=O)C(=O)N2CCCC[C@H]2C(=O)O[C@H]([C@H](C)C[C@@H]2CC[C@@H](OCc3cccc(-c4cnc(N5CCN(Cc6cn(CCOCCOCCOCCC(=O)NCCCCn7nc(-c8ccc9oc(N)nc9c8)c8c(N)ncnc87)nn6)C(CO)C5)nc4)c3)[C@H](OC)C2)CC(=O)[C@H](C)/C=C(\C)[C@@H](O)[C@@H](O)C(=O)[C@H](C)C[C@H](C)/C=C/C=CC=C1C. The topological polar surface area (TPSA) is 457 Å². The van der Waals surface area contributed by atoms with E-state index in [1.54, 1.807) is 69.7 Å². The molecule has 2 bridgehead atoms. The largest absolute Gasteiger partial charge is 0.460 e. The predicted molar refractivity (Wildman–Crippen MR) is 480 cm³/mol. The summed E-state index contributed by atoms with van der Waals surface area (Å²) in [7, 11) is 3.23. The second-order valence-electron chi connectivity index (χ2n) is 35.3. The van der Waals surface area contributed by atoms with Crippen LogP contribution in [0.3, 0.4) is 0 Å². The number of esters is 1. The number of ether oxygens (including phenoxy) is 8. The van der Waals surface area contributed by atoms with Crippen LogP contribution in [0.2, 0.25) is 0 Å². The third kappa shape index (κ3) is 26.2. The number of cyclic esters (lactones) is 1. The van der Waals surface area contributed by atoms with Gasteiger partial charge < -0.3 is 89.3 Å². The Kier molecular flexibility index (Phi) is 35.9. The van der Waals surface area contributed by atoms with Crippen LogP contribution in [0.15, 0.2) is 119 Å². The highest BCUT2D eigenvalue weighted by Gasteiger charge is 2.53. The number of aromatic nitrogens is 10. The zero-order chi connectivity index (χ0) is 91.8. The number of aryl methyl sites for hydroxylation is 1. The minimum Gasteiger partial charge on any atom is -0.460 e. The first-order chi connectivity index (χ1) is 62.2. The van der Waals surface area contributed by atoms with Gasteiger partial charge in [-0.2, -0.15) is 10.1 Å². The molecular weight excluding hydrogens is 1660 g/mol. The van der Waals surface area contributed by atoms with Crippen molar-refractivity contribution in [2.75, 3.05) is 110 Å². The summed E-state index contributed by atoms with van der Waals surface area (Å²) >= 11 is 0. The summed E-state index contributed by atoms with van der Waals surface area (Å²) in [5.74, 6) is -8.24. The van der Waals surface area contributed by atoms with Crippen LogP contribution in [0.5, 0.6) is 0 Å². The predicted octanol–water partition coefficient (Wildman–Crippen LogP) is 8.63. The van der Waals surface area contributed by atoms with Crippen molar-refractivity contribution in [3.05, 3.63) is 126 Å². The van der Waals surface area contributed by atoms with Gasteiger partial charge in [-0.3, -0.25) is 28.9 Å². The Morgan fingerprint density at radius 1 is 0.783 bits per heavy atom. The number of nitrogens with two attached hydrogens (primary N) is 2. The van der Waals surface area contributed by atoms with Crippen LogP contribution in [0.25, 0.3) is 44.5 Å². The van der Waals surface area contributed by atoms with Gasteiger partial charge in [0.15, 0.2) is 17.0 Å². The lowest BCUT2D eigenvalue weighted by Gasteiger charge is -2.42. The summed E-state index contributed by atoms with van der Waals surface area (Å²) in [6.45, 7) is 18.5. The molecule has 4 aliphatic heterocycles. The normalized spacial score (nSPS) is 27.1. The number of piperazine rings is 1. The number of nitrogens with one attached hydrogen (secondary N) is 1. The van der Waals surface area contributed by atoms with Crippen molar-refractivity contribution in [2.45, 2.75) is 232 Å². The first-order valence-electron chi connectivity index (χ1n) is 45.5. The van der Waals surface area contributed by atoms with Crippen LogP contribution in [0.1, 0.15) is 156 Å². The van der Waals surface area contributed by atoms with Crippen LogP contribution < -0.4 is 21.7 Å². The highest BCUT2D eigenvalue weighted by Crippen LogP contribution is 2.40. The number of carbonyl (C=O) groups excluding carboxylic acids is 6. The number of hydrogen-bond acceptors (Lipinski definition) is 31. The van der Waals surface area contributed by atoms with Gasteiger partial charge in [-0.25, -0.2) is 34.1 Å². The molecule has 1 aliphatic carbocycles. The standard InChI is InChI=1S/C94H130N16O19/c1-58-18-11-10-12-19-59(2)78(121-8)48-72-26-23-64(7)94(120,129-72)87(117)90(118)109-31-15-13-22-74(109)91(119)127-79(49-75(112)60(3)43-63(6)85(115)86(116)84(114)62(5)42-58)61(4)44-65-24-27-77(80(46-65)122-9)126-56-66-20-17-21-67(45-66)69-50-98-93(99-51-69)107-34-33-106(71(54-107)55-111)52-70-53-108(105-103-70)35-37-124-39-41-125-40-38-123-36-29-81(113)97-30-14-16-32-110-89-82(88(95)100-57-101-89)83(104-110)68-25-28-76-73(47-68)102-92(96)128-76/h10-12,17-21,25,28,43,45,47,50-51,53,57-58,60-62,64-65,71-72,74,77-80,85-86,111,115-116,120H,13-16,22-24,26-27,29-42,44,46,48-49,52,54-56H2,1-9H3,(H2,96,102)(H,97,113)(H2,95,100,101)/b12-10?,18-11+,59-19?,63-43+/t58-,60-,61-,62-,64-,65+,71?,72+,74+,77-,78+,79+,80-,85-,86+,94-/m1/s1. The molecule has 4 fully saturated rings. The van der Waals surface area contributed by atoms with Crippen LogP contribution in [-0.4, -0.2) is 269 Å². The second-order valence-corrected chi connectivity index (χ2v) is 35.3. The summed E-state index contributed by atoms with van der Waals surface area (Å²) in [6, 6.07) is 12.2. The second kappa shape index (κ2) is 47.2. The molecule has 0 spiro atoms. The van der Waals surface area contributed by atoms with E-state index in [1.807, 2.05) is 87.7 Å². The molecule has 35 heteroatoms. The number of carbonyl (C=O) groups is 6. The number of hydrogen-bond donors (Lipinski definition) is 7. The number of piperidine rings is 1.